The van der Waals surface area contributed by atoms with Crippen LogP contribution in [0.5, 0.6) is 0 Å². The fourth-order valence-corrected chi connectivity index (χ4v) is 2.81. The lowest BCUT2D eigenvalue weighted by Gasteiger charge is -2.06. The van der Waals surface area contributed by atoms with E-state index in [1.165, 1.54) is 17.3 Å². The van der Waals surface area contributed by atoms with Crippen molar-refractivity contribution >= 4 is 17.7 Å². The Morgan fingerprint density at radius 2 is 2.14 bits per heavy atom. The van der Waals surface area contributed by atoms with E-state index in [0.29, 0.717) is 18.2 Å². The molecule has 1 aromatic heterocycles. The van der Waals surface area contributed by atoms with Crippen molar-refractivity contribution < 1.29 is 4.79 Å². The van der Waals surface area contributed by atoms with Gasteiger partial charge in [0.25, 0.3) is 0 Å². The van der Waals surface area contributed by atoms with Gasteiger partial charge in [0.2, 0.25) is 5.91 Å². The fourth-order valence-electron chi connectivity index (χ4n) is 2.01. The smallest absolute Gasteiger partial charge is 0.343 e. The number of carbonyl (C=O) groups excluding carboxylic acids is 1. The topological polar surface area (TPSA) is 79.8 Å². The number of hydrogen-bond donors (Lipinski definition) is 2. The summed E-state index contributed by atoms with van der Waals surface area (Å²) in [6.07, 6.45) is 1.65. The summed E-state index contributed by atoms with van der Waals surface area (Å²) in [5.74, 6) is 0.197. The Morgan fingerprint density at radius 1 is 1.36 bits per heavy atom. The minimum atomic E-state index is -0.228. The highest BCUT2D eigenvalue weighted by Gasteiger charge is 2.10. The van der Waals surface area contributed by atoms with Crippen molar-refractivity contribution in [3.05, 3.63) is 46.4 Å². The number of amides is 1. The van der Waals surface area contributed by atoms with Gasteiger partial charge in [-0.25, -0.2) is 9.89 Å². The monoisotopic (exact) mass is 320 g/mol. The second-order valence-corrected chi connectivity index (χ2v) is 5.78. The van der Waals surface area contributed by atoms with Crippen LogP contribution in [-0.4, -0.2) is 33.0 Å². The quantitative estimate of drug-likeness (QED) is 0.721. The van der Waals surface area contributed by atoms with Crippen LogP contribution in [0.1, 0.15) is 18.9 Å². The number of aromatic amines is 1. The maximum absolute atomic E-state index is 11.8. The number of nitrogens with zero attached hydrogens (tertiary/aromatic N) is 2. The van der Waals surface area contributed by atoms with Gasteiger partial charge in [-0.15, -0.1) is 5.10 Å². The predicted octanol–water partition coefficient (Wildman–Crippen LogP) is 1.43. The summed E-state index contributed by atoms with van der Waals surface area (Å²) in [6, 6.07) is 10.0. The molecule has 0 saturated heterocycles. The van der Waals surface area contributed by atoms with Crippen molar-refractivity contribution in [2.45, 2.75) is 31.5 Å². The van der Waals surface area contributed by atoms with Crippen LogP contribution < -0.4 is 11.0 Å². The molecule has 6 nitrogen and oxygen atoms in total. The molecule has 22 heavy (non-hydrogen) atoms. The van der Waals surface area contributed by atoms with Gasteiger partial charge < -0.3 is 5.32 Å². The molecule has 2 N–H and O–H groups in total. The third-order valence-electron chi connectivity index (χ3n) is 3.08. The van der Waals surface area contributed by atoms with Crippen molar-refractivity contribution in [3.8, 4) is 0 Å². The van der Waals surface area contributed by atoms with Gasteiger partial charge in [0, 0.05) is 13.1 Å². The van der Waals surface area contributed by atoms with E-state index < -0.39 is 0 Å². The van der Waals surface area contributed by atoms with E-state index >= 15 is 0 Å². The third kappa shape index (κ3) is 4.77. The summed E-state index contributed by atoms with van der Waals surface area (Å²) < 4.78 is 1.56. The van der Waals surface area contributed by atoms with E-state index in [1.54, 1.807) is 4.57 Å². The van der Waals surface area contributed by atoms with E-state index in [2.05, 4.69) is 15.5 Å². The summed E-state index contributed by atoms with van der Waals surface area (Å²) in [6.45, 7) is 3.20. The summed E-state index contributed by atoms with van der Waals surface area (Å²) in [5.41, 5.74) is 0.966. The van der Waals surface area contributed by atoms with Crippen LogP contribution in [-0.2, 0) is 17.8 Å². The standard InChI is InChI=1S/C15H20N4O2S/c1-2-10-19-14(21)17-18-15(19)22-11-13(20)16-9-8-12-6-4-3-5-7-12/h3-7H,2,8-11H2,1H3,(H,16,20)(H,17,21). The van der Waals surface area contributed by atoms with Crippen LogP contribution in [0.3, 0.4) is 0 Å². The lowest BCUT2D eigenvalue weighted by atomic mass is 10.1. The SMILES string of the molecule is CCCn1c(SCC(=O)NCCc2ccccc2)n[nH]c1=O. The minimum absolute atomic E-state index is 0.0561. The largest absolute Gasteiger partial charge is 0.355 e. The maximum atomic E-state index is 11.8. The Kier molecular flexibility index (Phi) is 6.27. The lowest BCUT2D eigenvalue weighted by molar-refractivity contribution is -0.118. The molecule has 0 spiro atoms. The zero-order chi connectivity index (χ0) is 15.8. The molecule has 7 heteroatoms. The Balaban J connectivity index is 1.75. The van der Waals surface area contributed by atoms with Crippen molar-refractivity contribution in [3.63, 3.8) is 0 Å². The van der Waals surface area contributed by atoms with Gasteiger partial charge in [-0.3, -0.25) is 9.36 Å². The highest BCUT2D eigenvalue weighted by atomic mass is 32.2. The third-order valence-corrected chi connectivity index (χ3v) is 4.06. The van der Waals surface area contributed by atoms with Crippen molar-refractivity contribution in [1.82, 2.24) is 20.1 Å². The number of H-pyrrole nitrogens is 1. The first-order valence-corrected chi connectivity index (χ1v) is 8.28. The lowest BCUT2D eigenvalue weighted by Crippen LogP contribution is -2.27. The molecule has 0 unspecified atom stereocenters. The molecule has 1 aromatic carbocycles. The van der Waals surface area contributed by atoms with Gasteiger partial charge >= 0.3 is 5.69 Å². The first-order valence-electron chi connectivity index (χ1n) is 7.29. The molecular weight excluding hydrogens is 300 g/mol. The van der Waals surface area contributed by atoms with Crippen molar-refractivity contribution in [2.24, 2.45) is 0 Å². The molecule has 0 bridgehead atoms. The average Bonchev–Trinajstić information content (AvgIpc) is 2.87. The van der Waals surface area contributed by atoms with E-state index in [1.807, 2.05) is 37.3 Å². The minimum Gasteiger partial charge on any atom is -0.355 e. The van der Waals surface area contributed by atoms with Crippen LogP contribution >= 0.6 is 11.8 Å². The highest BCUT2D eigenvalue weighted by Crippen LogP contribution is 2.12. The van der Waals surface area contributed by atoms with Gasteiger partial charge in [0.1, 0.15) is 0 Å². The summed E-state index contributed by atoms with van der Waals surface area (Å²) in [4.78, 5) is 23.4. The van der Waals surface area contributed by atoms with E-state index in [9.17, 15) is 9.59 Å². The number of aromatic nitrogens is 3. The maximum Gasteiger partial charge on any atom is 0.343 e. The molecule has 0 fully saturated rings. The van der Waals surface area contributed by atoms with Crippen LogP contribution in [0.15, 0.2) is 40.3 Å². The molecule has 0 aliphatic heterocycles. The second-order valence-electron chi connectivity index (χ2n) is 4.84. The molecule has 0 saturated carbocycles. The molecule has 1 amide bonds. The molecular formula is C15H20N4O2S. The molecule has 2 aromatic rings. The first kappa shape index (κ1) is 16.4. The molecule has 0 radical (unpaired) electrons. The van der Waals surface area contributed by atoms with Crippen LogP contribution in [0.25, 0.3) is 0 Å². The summed E-state index contributed by atoms with van der Waals surface area (Å²) >= 11 is 1.27. The average molecular weight is 320 g/mol. The number of nitrogens with one attached hydrogen (secondary N) is 2. The Morgan fingerprint density at radius 3 is 2.86 bits per heavy atom. The van der Waals surface area contributed by atoms with Gasteiger partial charge in [0.15, 0.2) is 5.16 Å². The van der Waals surface area contributed by atoms with E-state index in [4.69, 9.17) is 0 Å². The number of thioether (sulfide) groups is 1. The normalized spacial score (nSPS) is 10.6. The second kappa shape index (κ2) is 8.43. The Hall–Kier alpha value is -2.02. The molecule has 0 aliphatic rings. The molecule has 0 aliphatic carbocycles. The summed E-state index contributed by atoms with van der Waals surface area (Å²) in [7, 11) is 0. The van der Waals surface area contributed by atoms with E-state index in [0.717, 1.165) is 12.8 Å². The van der Waals surface area contributed by atoms with Crippen molar-refractivity contribution in [2.75, 3.05) is 12.3 Å². The zero-order valence-electron chi connectivity index (χ0n) is 12.5. The van der Waals surface area contributed by atoms with Gasteiger partial charge in [-0.2, -0.15) is 0 Å². The van der Waals surface area contributed by atoms with Crippen LogP contribution in [0, 0.1) is 0 Å². The van der Waals surface area contributed by atoms with Crippen LogP contribution in [0.4, 0.5) is 0 Å². The number of carbonyl (C=O) groups is 1. The number of benzene rings is 1. The molecule has 2 rings (SSSR count). The zero-order valence-corrected chi connectivity index (χ0v) is 13.4. The summed E-state index contributed by atoms with van der Waals surface area (Å²) in [5, 5.41) is 9.79. The fraction of sp³-hybridized carbons (Fsp3) is 0.400. The van der Waals surface area contributed by atoms with E-state index in [-0.39, 0.29) is 17.3 Å². The highest BCUT2D eigenvalue weighted by molar-refractivity contribution is 7.99. The van der Waals surface area contributed by atoms with Crippen molar-refractivity contribution in [1.29, 1.82) is 0 Å². The van der Waals surface area contributed by atoms with Gasteiger partial charge in [-0.05, 0) is 18.4 Å². The van der Waals surface area contributed by atoms with Crippen LogP contribution in [0.2, 0.25) is 0 Å². The number of hydrogen-bond acceptors (Lipinski definition) is 4. The molecule has 1 heterocycles. The Labute approximate surface area is 133 Å². The molecule has 118 valence electrons. The predicted molar refractivity (Wildman–Crippen MR) is 87.0 cm³/mol. The Bertz CT molecular complexity index is 651. The van der Waals surface area contributed by atoms with Gasteiger partial charge in [0.05, 0.1) is 5.75 Å². The number of rotatable bonds is 8. The van der Waals surface area contributed by atoms with Gasteiger partial charge in [-0.1, -0.05) is 49.0 Å². The molecule has 0 atom stereocenters. The first-order chi connectivity index (χ1) is 10.7.